The first kappa shape index (κ1) is 81.8. The average Bonchev–Trinajstić information content (AvgIpc) is 1.57. The Morgan fingerprint density at radius 2 is 0.528 bits per heavy atom. The fraction of sp³-hybridized carbons (Fsp3) is 0.196. The zero-order chi connectivity index (χ0) is 73.4. The maximum atomic E-state index is 3.88. The van der Waals surface area contributed by atoms with Gasteiger partial charge >= 0.3 is 198 Å². The number of hydrogen-bond acceptors (Lipinski definition) is 0. The molecule has 0 nitrogen and oxygen atoms in total. The van der Waals surface area contributed by atoms with Crippen LogP contribution in [0.15, 0.2) is 316 Å². The predicted octanol–water partition coefficient (Wildman–Crippen LogP) is 20.2. The number of allylic oxidation sites excluding steroid dienone is 8. The van der Waals surface area contributed by atoms with Crippen molar-refractivity contribution in [1.29, 1.82) is 0 Å². The van der Waals surface area contributed by atoms with Crippen LogP contribution in [0.25, 0.3) is 66.8 Å². The molecule has 0 spiro atoms. The van der Waals surface area contributed by atoms with E-state index in [9.17, 15) is 0 Å². The summed E-state index contributed by atoms with van der Waals surface area (Å²) in [6.07, 6.45) is 21.9. The Labute approximate surface area is 677 Å². The molecule has 0 radical (unpaired) electrons. The molecule has 0 bridgehead atoms. The number of halogens is 2. The second-order valence-electron chi connectivity index (χ2n) is 31.0. The third kappa shape index (κ3) is 21.1. The van der Waals surface area contributed by atoms with Gasteiger partial charge in [0.1, 0.15) is 0 Å². The summed E-state index contributed by atoms with van der Waals surface area (Å²) in [5.74, 6) is 0. The van der Waals surface area contributed by atoms with Gasteiger partial charge in [-0.2, -0.15) is 12.2 Å². The van der Waals surface area contributed by atoms with Gasteiger partial charge in [-0.15, -0.1) is 70.5 Å². The topological polar surface area (TPSA) is 0 Å². The molecule has 0 saturated heterocycles. The van der Waals surface area contributed by atoms with Crippen molar-refractivity contribution in [2.24, 2.45) is 0 Å². The van der Waals surface area contributed by atoms with Gasteiger partial charge in [0.05, 0.1) is 0 Å². The second kappa shape index (κ2) is 37.5. The third-order valence-corrected chi connectivity index (χ3v) is 21.9. The van der Waals surface area contributed by atoms with E-state index in [1.165, 1.54) is 188 Å². The molecular weight excluding hydrogens is 1480 g/mol. The molecule has 12 aromatic rings. The van der Waals surface area contributed by atoms with Crippen LogP contribution in [0.3, 0.4) is 0 Å². The van der Waals surface area contributed by atoms with Gasteiger partial charge in [0.15, 0.2) is 0 Å². The number of fused-ring (bicyclic) bond motifs is 6. The molecule has 0 aliphatic heterocycles. The molecule has 4 heteroatoms. The van der Waals surface area contributed by atoms with Gasteiger partial charge in [-0.05, 0) is 79.0 Å². The maximum absolute atomic E-state index is 3.88. The Kier molecular flexibility index (Phi) is 28.9. The van der Waals surface area contributed by atoms with Crippen LogP contribution in [-0.2, 0) is 83.0 Å². The molecule has 106 heavy (non-hydrogen) atoms. The Balaban J connectivity index is 0.000000164. The molecule has 0 atom stereocenters. The van der Waals surface area contributed by atoms with Gasteiger partial charge in [-0.25, -0.2) is 24.3 Å². The summed E-state index contributed by atoms with van der Waals surface area (Å²) < 4.78 is 2.83. The summed E-state index contributed by atoms with van der Waals surface area (Å²) in [6.45, 7) is 27.8. The normalized spacial score (nSPS) is 12.4. The summed E-state index contributed by atoms with van der Waals surface area (Å²) in [5.41, 5.74) is 32.3. The van der Waals surface area contributed by atoms with Crippen molar-refractivity contribution in [3.05, 3.63) is 407 Å². The minimum absolute atomic E-state index is 0. The van der Waals surface area contributed by atoms with Crippen molar-refractivity contribution in [1.82, 2.24) is 0 Å². The van der Waals surface area contributed by atoms with Gasteiger partial charge < -0.3 is 24.8 Å². The van der Waals surface area contributed by atoms with E-state index < -0.39 is 0 Å². The molecule has 0 N–H and O–H groups in total. The Morgan fingerprint density at radius 1 is 0.283 bits per heavy atom. The van der Waals surface area contributed by atoms with Crippen LogP contribution >= 0.6 is 0 Å². The van der Waals surface area contributed by atoms with E-state index in [0.717, 1.165) is 25.7 Å². The molecule has 0 heterocycles. The fourth-order valence-corrected chi connectivity index (χ4v) is 15.3. The van der Waals surface area contributed by atoms with E-state index in [1.807, 2.05) is 24.3 Å². The first-order valence-corrected chi connectivity index (χ1v) is 39.1. The van der Waals surface area contributed by atoms with Crippen LogP contribution in [0.5, 0.6) is 0 Å². The van der Waals surface area contributed by atoms with Crippen LogP contribution in [0.4, 0.5) is 0 Å². The van der Waals surface area contributed by atoms with Crippen LogP contribution < -0.4 is 24.8 Å². The van der Waals surface area contributed by atoms with E-state index in [1.54, 1.807) is 0 Å². The van der Waals surface area contributed by atoms with Gasteiger partial charge in [0.2, 0.25) is 0 Å². The average molecular weight is 1580 g/mol. The molecule has 12 aromatic carbocycles. The first-order valence-electron chi connectivity index (χ1n) is 36.6. The van der Waals surface area contributed by atoms with Crippen molar-refractivity contribution in [3.63, 3.8) is 0 Å². The molecule has 0 fully saturated rings. The minimum atomic E-state index is 0. The number of hydrogen-bond donors (Lipinski definition) is 0. The standard InChI is InChI=1S/2C33H33.2C13H10.2C5H5.2ClH.2Zr/c2*1-32(2,3)30-20-26-24(18-28(30)22-13-9-7-10-14-22)17-25-19-29(23-15-11-8-12-16-23)31(21-27(25)26)33(4,5)6;2*1-3-7-12(8-4-1)11-13-9-5-2-6-10-13;2*1-2-4-5-3-1;;;;/h2*7-16,18,20-21H,17H2,1-6H3;2*1-10H;2*1-3H,4H2;2*1H;;/q2*-1;;;2*-1;;;2*+2/p-2. The Bertz CT molecular complexity index is 4370. The van der Waals surface area contributed by atoms with Gasteiger partial charge in [0, 0.05) is 0 Å². The van der Waals surface area contributed by atoms with Crippen LogP contribution in [0, 0.1) is 24.3 Å². The second-order valence-corrected chi connectivity index (χ2v) is 33.5. The molecular formula is C102H96Cl2Zr2-2. The molecule has 0 amide bonds. The molecule has 528 valence electrons. The Morgan fingerprint density at radius 3 is 0.755 bits per heavy atom. The van der Waals surface area contributed by atoms with Crippen molar-refractivity contribution >= 4 is 6.41 Å². The summed E-state index contributed by atoms with van der Waals surface area (Å²) in [6, 6.07) is 108. The molecule has 4 aliphatic rings. The quantitative estimate of drug-likeness (QED) is 0.133. The SMILES string of the molecule is CC(C)(C)c1cc2c([c-]c1-c1ccccc1)Cc1cc(-c3ccccc3)c(C(C)(C)C)cc1-2.CC(C)(C)c1cc2c([c-]c1-c1ccccc1)Cc1cc(-c3ccccc3)c(C(C)(C)C)cc1-2.[C-]1=CC=CC1.[C-]1=CC=CC1.[Cl-].[Cl-].[Zr+2]=[C](c1ccccc1)c1ccccc1.[Zr+2]=[C](c1ccccc1)c1ccccc1. The van der Waals surface area contributed by atoms with E-state index >= 15 is 0 Å². The molecule has 4 aliphatic carbocycles. The van der Waals surface area contributed by atoms with E-state index in [2.05, 4.69) is 399 Å². The molecule has 0 unspecified atom stereocenters. The fourth-order valence-electron chi connectivity index (χ4n) is 13.6. The van der Waals surface area contributed by atoms with Crippen LogP contribution in [-0.4, -0.2) is 6.41 Å². The van der Waals surface area contributed by atoms with Crippen molar-refractivity contribution in [2.75, 3.05) is 0 Å². The van der Waals surface area contributed by atoms with E-state index in [0.29, 0.717) is 0 Å². The molecule has 16 rings (SSSR count). The van der Waals surface area contributed by atoms with Crippen molar-refractivity contribution in [2.45, 2.75) is 130 Å². The molecule has 0 saturated carbocycles. The van der Waals surface area contributed by atoms with Crippen molar-refractivity contribution in [3.8, 4) is 66.8 Å². The van der Waals surface area contributed by atoms with Gasteiger partial charge in [-0.3, -0.25) is 12.2 Å². The van der Waals surface area contributed by atoms with Gasteiger partial charge in [0.25, 0.3) is 0 Å². The number of rotatable bonds is 8. The zero-order valence-corrected chi connectivity index (χ0v) is 70.0. The van der Waals surface area contributed by atoms with E-state index in [-0.39, 0.29) is 46.5 Å². The summed E-state index contributed by atoms with van der Waals surface area (Å²) in [7, 11) is 0. The summed E-state index contributed by atoms with van der Waals surface area (Å²) in [4.78, 5) is 0. The number of benzene rings is 12. The van der Waals surface area contributed by atoms with Crippen LogP contribution in [0.2, 0.25) is 0 Å². The first-order chi connectivity index (χ1) is 50.0. The summed E-state index contributed by atoms with van der Waals surface area (Å²) in [5, 5.41) is 0. The van der Waals surface area contributed by atoms with Crippen LogP contribution in [0.1, 0.15) is 163 Å². The monoisotopic (exact) mass is 1570 g/mol. The Hall–Kier alpha value is -8.31. The predicted molar refractivity (Wildman–Crippen MR) is 439 cm³/mol. The van der Waals surface area contributed by atoms with Gasteiger partial charge in [-0.1, -0.05) is 262 Å². The molecule has 0 aromatic heterocycles. The van der Waals surface area contributed by atoms with Crippen molar-refractivity contribution < 1.29 is 73.3 Å². The third-order valence-electron chi connectivity index (χ3n) is 19.1. The van der Waals surface area contributed by atoms with E-state index in [4.69, 9.17) is 0 Å². The zero-order valence-electron chi connectivity index (χ0n) is 63.6. The summed E-state index contributed by atoms with van der Waals surface area (Å²) >= 11 is 2.92.